The van der Waals surface area contributed by atoms with Gasteiger partial charge in [0.25, 0.3) is 17.6 Å². The number of halogens is 1. The van der Waals surface area contributed by atoms with Gasteiger partial charge in [0.2, 0.25) is 5.91 Å². The SMILES string of the molecule is C1CCOC1.CC(C)(C)c1ccc(O)cc1.CC(C)(C)c1ccc(OCCN2CCOCC2)cc1.CN(C)c1cc[c-]cc1.CN(C)c1ccc(C2(O)C(=O)Nc3ccccc32)cc1.CN(C)c1ccc(C2(c3cc(C(C)(C)C)ccc3OCCN3CCOCC3)C(=O)Nc3ccccc32)cc1.O=C1Nc2ccccc2C1=O.OCCN1CCOCC1.[Br-].[Mg+2]. The van der Waals surface area contributed by atoms with Gasteiger partial charge < -0.3 is 91.4 Å². The van der Waals surface area contributed by atoms with E-state index >= 15 is 0 Å². The number of aromatic hydroxyl groups is 1. The first-order chi connectivity index (χ1) is 58.3. The maximum atomic E-state index is 14.2. The second kappa shape index (κ2) is 49.0. The predicted octanol–water partition coefficient (Wildman–Crippen LogP) is 11.5. The molecule has 0 radical (unpaired) electrons. The molecule has 0 spiro atoms. The van der Waals surface area contributed by atoms with Crippen LogP contribution in [-0.4, -0.2) is 250 Å². The van der Waals surface area contributed by atoms with Crippen LogP contribution in [0.15, 0.2) is 212 Å². The Balaban J connectivity index is 0.000000210. The Morgan fingerprint density at radius 1 is 0.435 bits per heavy atom. The number of hydrogen-bond acceptors (Lipinski definition) is 19. The monoisotopic (exact) mass is 1770 g/mol. The van der Waals surface area contributed by atoms with Gasteiger partial charge in [-0.05, 0) is 142 Å². The Hall–Kier alpha value is -9.25. The number of fused-ring (bicyclic) bond motifs is 3. The molecule has 4 saturated heterocycles. The van der Waals surface area contributed by atoms with Gasteiger partial charge >= 0.3 is 23.1 Å². The molecule has 124 heavy (non-hydrogen) atoms. The number of rotatable bonds is 16. The zero-order chi connectivity index (χ0) is 88.0. The maximum Gasteiger partial charge on any atom is 2.00 e. The van der Waals surface area contributed by atoms with Crippen molar-refractivity contribution >= 4 is 80.7 Å². The predicted molar refractivity (Wildman–Crippen MR) is 496 cm³/mol. The van der Waals surface area contributed by atoms with E-state index in [1.807, 2.05) is 126 Å². The van der Waals surface area contributed by atoms with E-state index in [0.717, 1.165) is 169 Å². The first-order valence-electron chi connectivity index (χ1n) is 42.4. The molecule has 2 atom stereocenters. The van der Waals surface area contributed by atoms with Crippen LogP contribution in [0.3, 0.4) is 0 Å². The van der Waals surface area contributed by atoms with Crippen LogP contribution in [0.1, 0.15) is 130 Å². The zero-order valence-corrected chi connectivity index (χ0v) is 78.5. The van der Waals surface area contributed by atoms with Gasteiger partial charge in [0, 0.05) is 154 Å². The molecule has 16 rings (SSSR count). The zero-order valence-electron chi connectivity index (χ0n) is 75.5. The topological polar surface area (TPSA) is 240 Å². The molecule has 0 aromatic heterocycles. The third kappa shape index (κ3) is 28.9. The standard InChI is InChI=1S/C32H39N3O3.C16H16N2O2.C16H25NO2.C10H14O.C8H5NO2.C8H10N.C6H13NO2.C4H8O.BrH.Mg/c1-31(2,3)24-12-15-29(38-21-18-35-16-19-37-20-17-35)27(22-24)32(23-10-13-25(14-11-23)34(4)5)26-8-6-7-9-28(26)33-30(32)36;1-18(2)12-9-7-11(8-10-12)16(20)13-5-3-4-6-14(13)17-15(16)19;1-16(2,3)14-4-6-15(7-5-14)19-13-10-17-8-11-18-12-9-17;1-10(2,3)8-4-6-9(11)7-5-8;10-7-5-3-1-2-4-6(5)9-8(7)11;1-9(2)8-6-4-3-5-7-8;8-4-1-7-2-5-9-6-3-7;1-2-4-5-3-1;;/h6-15,22H,16-21H2,1-5H3,(H,33,36);3-10,20H,1-2H3,(H,17,19);4-7H,8-13H2,1-3H3;4-7,11H,1-3H3;1-4H,(H,9,10,11);4-7H,1-2H3;8H,1-6H2;1-4H2;1H;/q;;;;;-1;;;;+2/p-1. The minimum absolute atomic E-state index is 0. The molecule has 0 bridgehead atoms. The molecule has 6 N–H and O–H groups in total. The summed E-state index contributed by atoms with van der Waals surface area (Å²) in [6, 6.07) is 70.8. The quantitative estimate of drug-likeness (QED) is 0.0299. The molecule has 7 aliphatic heterocycles. The van der Waals surface area contributed by atoms with Gasteiger partial charge in [-0.1, -0.05) is 171 Å². The van der Waals surface area contributed by atoms with Gasteiger partial charge in [-0.15, -0.1) is 12.1 Å². The van der Waals surface area contributed by atoms with Crippen LogP contribution < -0.4 is 57.1 Å². The van der Waals surface area contributed by atoms with Crippen LogP contribution in [0.5, 0.6) is 17.2 Å². The minimum Gasteiger partial charge on any atom is -1.00 e. The second-order valence-electron chi connectivity index (χ2n) is 34.5. The van der Waals surface area contributed by atoms with E-state index < -0.39 is 28.6 Å². The average Bonchev–Trinajstić information content (AvgIpc) is 1.73. The van der Waals surface area contributed by atoms with Crippen molar-refractivity contribution < 1.29 is 79.9 Å². The molecule has 4 fully saturated rings. The van der Waals surface area contributed by atoms with Gasteiger partial charge in [0.1, 0.15) is 35.9 Å². The number of phenolic OH excluding ortho intramolecular Hbond substituents is 1. The summed E-state index contributed by atoms with van der Waals surface area (Å²) in [6.07, 6.45) is 2.56. The van der Waals surface area contributed by atoms with Crippen molar-refractivity contribution in [1.29, 1.82) is 0 Å². The number of hydrogen-bond donors (Lipinski definition) is 6. The van der Waals surface area contributed by atoms with Crippen LogP contribution in [0.25, 0.3) is 0 Å². The molecule has 3 amide bonds. The molecule has 7 aliphatic rings. The van der Waals surface area contributed by atoms with Gasteiger partial charge in [0.15, 0.2) is 5.60 Å². The Bertz CT molecular complexity index is 4720. The number of phenols is 1. The summed E-state index contributed by atoms with van der Waals surface area (Å²) >= 11 is 0. The summed E-state index contributed by atoms with van der Waals surface area (Å²) in [5, 5.41) is 36.8. The Morgan fingerprint density at radius 3 is 1.29 bits per heavy atom. The Labute approximate surface area is 762 Å². The van der Waals surface area contributed by atoms with Crippen LogP contribution >= 0.6 is 0 Å². The summed E-state index contributed by atoms with van der Waals surface area (Å²) in [6.45, 7) is 36.5. The van der Waals surface area contributed by atoms with Crippen molar-refractivity contribution in [1.82, 2.24) is 14.7 Å². The number of carbonyl (C=O) groups is 4. The molecule has 0 saturated carbocycles. The maximum absolute atomic E-state index is 14.2. The Morgan fingerprint density at radius 2 is 0.839 bits per heavy atom. The van der Waals surface area contributed by atoms with E-state index in [0.29, 0.717) is 40.4 Å². The van der Waals surface area contributed by atoms with E-state index in [1.54, 1.807) is 60.7 Å². The van der Waals surface area contributed by atoms with E-state index in [9.17, 15) is 24.3 Å². The van der Waals surface area contributed by atoms with Crippen molar-refractivity contribution in [3.63, 3.8) is 0 Å². The number of Topliss-reactive ketones (excluding diaryl/α,β-unsaturated/α-hetero) is 1. The Kier molecular flexibility index (Phi) is 40.3. The number of ether oxygens (including phenoxy) is 6. The van der Waals surface area contributed by atoms with Gasteiger partial charge in [-0.3, -0.25) is 33.9 Å². The number of anilines is 6. The second-order valence-corrected chi connectivity index (χ2v) is 34.5. The molecule has 24 heteroatoms. The van der Waals surface area contributed by atoms with Crippen molar-refractivity contribution in [2.45, 2.75) is 102 Å². The molecular formula is C100H130BrMgN9O13. The van der Waals surface area contributed by atoms with E-state index in [4.69, 9.17) is 38.6 Å². The van der Waals surface area contributed by atoms with Crippen molar-refractivity contribution in [2.75, 3.05) is 205 Å². The fourth-order valence-electron chi connectivity index (χ4n) is 14.4. The molecule has 0 aliphatic carbocycles. The summed E-state index contributed by atoms with van der Waals surface area (Å²) in [7, 11) is 12.0. The molecule has 22 nitrogen and oxygen atoms in total. The van der Waals surface area contributed by atoms with Gasteiger partial charge in [0.05, 0.1) is 57.5 Å². The first-order valence-corrected chi connectivity index (χ1v) is 42.4. The number of aliphatic hydroxyl groups excluding tert-OH is 1. The minimum atomic E-state index is -1.61. The van der Waals surface area contributed by atoms with E-state index in [1.165, 1.54) is 29.7 Å². The number of nitrogens with zero attached hydrogens (tertiary/aromatic N) is 6. The van der Waals surface area contributed by atoms with Crippen molar-refractivity contribution in [3.05, 3.63) is 268 Å². The fourth-order valence-corrected chi connectivity index (χ4v) is 14.4. The summed E-state index contributed by atoms with van der Waals surface area (Å²) in [5.41, 5.74) is 11.2. The number of ketones is 1. The number of amides is 3. The number of carbonyl (C=O) groups excluding carboxylic acids is 4. The van der Waals surface area contributed by atoms with Gasteiger partial charge in [-0.25, -0.2) is 0 Å². The first kappa shape index (κ1) is 102. The number of β-amino-alcohol motifs (C(OH)–C–C–N with tert-alkyl or cyclic N) is 1. The number of nitrogens with one attached hydrogen (secondary N) is 3. The number of benzene rings is 9. The molecular weight excluding hydrogens is 1640 g/mol. The van der Waals surface area contributed by atoms with Crippen molar-refractivity contribution in [2.24, 2.45) is 0 Å². The summed E-state index contributed by atoms with van der Waals surface area (Å²) in [5.74, 6) is 0.595. The average molecular weight is 1770 g/mol. The third-order valence-electron chi connectivity index (χ3n) is 21.9. The fraction of sp³-hybridized carbons (Fsp3) is 0.420. The normalized spacial score (nSPS) is 17.6. The smallest absolute Gasteiger partial charge is 1.00 e. The van der Waals surface area contributed by atoms with Crippen LogP contribution in [-0.2, 0) is 60.6 Å². The number of para-hydroxylation sites is 3. The van der Waals surface area contributed by atoms with Gasteiger partial charge in [-0.2, -0.15) is 18.2 Å². The number of aliphatic hydroxyl groups is 2. The molecule has 9 aromatic carbocycles. The summed E-state index contributed by atoms with van der Waals surface area (Å²) in [4.78, 5) is 61.2. The molecule has 9 aromatic rings. The van der Waals surface area contributed by atoms with E-state index in [2.05, 4.69) is 182 Å². The largest absolute Gasteiger partial charge is 2.00 e. The molecule has 2 unspecified atom stereocenters. The number of morpholine rings is 3. The van der Waals surface area contributed by atoms with Crippen LogP contribution in [0.2, 0.25) is 0 Å². The van der Waals surface area contributed by atoms with E-state index in [-0.39, 0.29) is 68.8 Å². The third-order valence-corrected chi connectivity index (χ3v) is 21.9. The summed E-state index contributed by atoms with van der Waals surface area (Å²) < 4.78 is 33.2. The molecule has 7 heterocycles. The molecule has 662 valence electrons. The van der Waals surface area contributed by atoms with Crippen molar-refractivity contribution in [3.8, 4) is 17.2 Å². The van der Waals surface area contributed by atoms with Crippen LogP contribution in [0, 0.1) is 6.07 Å². The van der Waals surface area contributed by atoms with Crippen LogP contribution in [0.4, 0.5) is 34.1 Å².